The maximum absolute atomic E-state index is 12.9. The Morgan fingerprint density at radius 3 is 2.64 bits per heavy atom. The topological polar surface area (TPSA) is 157 Å². The van der Waals surface area contributed by atoms with E-state index >= 15 is 0 Å². The molecule has 0 bridgehead atoms. The third-order valence-electron chi connectivity index (χ3n) is 4.74. The number of aromatic nitrogens is 2. The normalized spacial score (nSPS) is 20.7. The van der Waals surface area contributed by atoms with Crippen molar-refractivity contribution in [2.75, 3.05) is 32.9 Å². The van der Waals surface area contributed by atoms with Gasteiger partial charge in [0.1, 0.15) is 5.69 Å². The van der Waals surface area contributed by atoms with Gasteiger partial charge in [-0.2, -0.15) is 0 Å². The number of nitrogens with one attached hydrogen (secondary N) is 1. The molecule has 0 unspecified atom stereocenters. The fourth-order valence-corrected chi connectivity index (χ4v) is 3.22. The maximum Gasteiger partial charge on any atom is 0.478 e. The average molecular weight is 391 g/mol. The summed E-state index contributed by atoms with van der Waals surface area (Å²) < 4.78 is 10.3. The molecule has 0 aliphatic carbocycles. The van der Waals surface area contributed by atoms with Crippen molar-refractivity contribution in [3.8, 4) is 0 Å². The van der Waals surface area contributed by atoms with E-state index in [1.807, 2.05) is 0 Å². The van der Waals surface area contributed by atoms with E-state index in [1.165, 1.54) is 12.4 Å². The van der Waals surface area contributed by atoms with Crippen molar-refractivity contribution in [1.82, 2.24) is 20.2 Å². The molecule has 2 fully saturated rings. The highest BCUT2D eigenvalue weighted by Gasteiger charge is 2.38. The number of ether oxygens (including phenoxy) is 1. The van der Waals surface area contributed by atoms with Crippen LogP contribution >= 0.6 is 0 Å². The number of carbonyl (C=O) groups excluding carboxylic acids is 3. The minimum absolute atomic E-state index is 0.0301. The molecule has 1 aromatic heterocycles. The minimum Gasteiger partial charge on any atom is -0.426 e. The number of nitrogens with zero attached hydrogens (tertiary/aromatic N) is 3. The van der Waals surface area contributed by atoms with Gasteiger partial charge in [-0.1, -0.05) is 0 Å². The first-order valence-corrected chi connectivity index (χ1v) is 9.03. The van der Waals surface area contributed by atoms with Crippen LogP contribution in [0.5, 0.6) is 0 Å². The molecule has 11 nitrogen and oxygen atoms in total. The summed E-state index contributed by atoms with van der Waals surface area (Å²) in [5.74, 6) is -3.36. The van der Waals surface area contributed by atoms with E-state index in [2.05, 4.69) is 15.3 Å². The van der Waals surface area contributed by atoms with Gasteiger partial charge in [0.15, 0.2) is 0 Å². The predicted molar refractivity (Wildman–Crippen MR) is 95.8 cm³/mol. The number of morpholine rings is 1. The largest absolute Gasteiger partial charge is 0.478 e. The van der Waals surface area contributed by atoms with Gasteiger partial charge in [-0.3, -0.25) is 19.4 Å². The number of hydrogen-bond donors (Lipinski definition) is 3. The van der Waals surface area contributed by atoms with Crippen LogP contribution in [-0.4, -0.2) is 83.6 Å². The summed E-state index contributed by atoms with van der Waals surface area (Å²) in [6.45, 7) is 2.00. The van der Waals surface area contributed by atoms with E-state index in [0.717, 1.165) is 0 Å². The van der Waals surface area contributed by atoms with Crippen molar-refractivity contribution in [3.05, 3.63) is 23.8 Å². The summed E-state index contributed by atoms with van der Waals surface area (Å²) in [4.78, 5) is 47.0. The van der Waals surface area contributed by atoms with Gasteiger partial charge in [-0.25, -0.2) is 4.98 Å². The van der Waals surface area contributed by atoms with Gasteiger partial charge >= 0.3 is 7.12 Å². The summed E-state index contributed by atoms with van der Waals surface area (Å²) >= 11 is 0. The molecule has 150 valence electrons. The Morgan fingerprint density at radius 2 is 2.00 bits per heavy atom. The lowest BCUT2D eigenvalue weighted by atomic mass is 9.79. The van der Waals surface area contributed by atoms with Crippen LogP contribution in [0.15, 0.2) is 12.4 Å². The molecule has 3 amide bonds. The first-order chi connectivity index (χ1) is 13.5. The fourth-order valence-electron chi connectivity index (χ4n) is 3.22. The first-order valence-electron chi connectivity index (χ1n) is 9.03. The number of nitrogens with two attached hydrogens (primary N) is 1. The third kappa shape index (κ3) is 4.64. The van der Waals surface area contributed by atoms with Crippen LogP contribution < -0.4 is 11.1 Å². The van der Waals surface area contributed by atoms with Crippen molar-refractivity contribution in [2.24, 2.45) is 5.73 Å². The summed E-state index contributed by atoms with van der Waals surface area (Å²) in [6.07, 6.45) is 2.83. The van der Waals surface area contributed by atoms with Gasteiger partial charge in [0.05, 0.1) is 30.8 Å². The zero-order chi connectivity index (χ0) is 20.1. The Balaban J connectivity index is 1.84. The number of primary amides is 1. The molecule has 0 radical (unpaired) electrons. The van der Waals surface area contributed by atoms with Crippen LogP contribution in [0, 0.1) is 0 Å². The smallest absolute Gasteiger partial charge is 0.426 e. The standard InChI is InChI=1S/C16H22BN5O6/c18-15(24)14-13(19-2-3-20-14)10(9-12(23)22-4-7-27-8-5-22)16(25)21-11-1-6-28-17(11)26/h2-3,10-11,26H,1,4-9H2,(H2,18,24)(H,21,25)/t10-,11+/m1/s1. The molecule has 12 heteroatoms. The zero-order valence-corrected chi connectivity index (χ0v) is 15.2. The number of amides is 3. The quantitative estimate of drug-likeness (QED) is 0.463. The van der Waals surface area contributed by atoms with Crippen LogP contribution in [0.25, 0.3) is 0 Å². The van der Waals surface area contributed by atoms with E-state index < -0.39 is 30.8 Å². The predicted octanol–water partition coefficient (Wildman–Crippen LogP) is -2.17. The molecule has 3 rings (SSSR count). The molecule has 4 N–H and O–H groups in total. The van der Waals surface area contributed by atoms with E-state index in [4.69, 9.17) is 15.1 Å². The van der Waals surface area contributed by atoms with Gasteiger partial charge in [0.25, 0.3) is 5.91 Å². The molecule has 3 heterocycles. The lowest BCUT2D eigenvalue weighted by Gasteiger charge is -2.28. The number of carbonyl (C=O) groups is 3. The summed E-state index contributed by atoms with van der Waals surface area (Å²) in [7, 11) is -1.13. The fraction of sp³-hybridized carbons (Fsp3) is 0.562. The molecular formula is C16H22BN5O6. The highest BCUT2D eigenvalue weighted by Crippen LogP contribution is 2.23. The maximum atomic E-state index is 12.9. The highest BCUT2D eigenvalue weighted by atomic mass is 16.5. The van der Waals surface area contributed by atoms with E-state index in [0.29, 0.717) is 39.3 Å². The molecule has 0 spiro atoms. The Bertz CT molecular complexity index is 744. The summed E-state index contributed by atoms with van der Waals surface area (Å²) in [5, 5.41) is 12.5. The number of hydrogen-bond acceptors (Lipinski definition) is 8. The molecule has 0 saturated carbocycles. The molecular weight excluding hydrogens is 369 g/mol. The van der Waals surface area contributed by atoms with Gasteiger partial charge in [0, 0.05) is 38.5 Å². The molecule has 2 aliphatic rings. The van der Waals surface area contributed by atoms with E-state index in [1.54, 1.807) is 4.90 Å². The van der Waals surface area contributed by atoms with E-state index in [-0.39, 0.29) is 23.7 Å². The monoisotopic (exact) mass is 391 g/mol. The van der Waals surface area contributed by atoms with Crippen molar-refractivity contribution < 1.29 is 28.8 Å². The van der Waals surface area contributed by atoms with Crippen molar-refractivity contribution >= 4 is 24.8 Å². The SMILES string of the molecule is NC(=O)c1nccnc1[C@@H](CC(=O)N1CCOCC1)C(=O)N[C@H]1CCOB1O. The molecule has 1 aromatic rings. The highest BCUT2D eigenvalue weighted by molar-refractivity contribution is 6.46. The summed E-state index contributed by atoms with van der Waals surface area (Å²) in [5.41, 5.74) is 5.23. The lowest BCUT2D eigenvalue weighted by Crippen LogP contribution is -2.47. The van der Waals surface area contributed by atoms with Crippen molar-refractivity contribution in [2.45, 2.75) is 24.7 Å². The second-order valence-electron chi connectivity index (χ2n) is 6.57. The zero-order valence-electron chi connectivity index (χ0n) is 15.2. The summed E-state index contributed by atoms with van der Waals surface area (Å²) in [6, 6.07) is 0. The lowest BCUT2D eigenvalue weighted by molar-refractivity contribution is -0.138. The number of rotatable bonds is 6. The second kappa shape index (κ2) is 9.08. The van der Waals surface area contributed by atoms with Crippen LogP contribution in [0.2, 0.25) is 0 Å². The second-order valence-corrected chi connectivity index (χ2v) is 6.57. The van der Waals surface area contributed by atoms with Crippen LogP contribution in [0.1, 0.15) is 34.9 Å². The van der Waals surface area contributed by atoms with Crippen molar-refractivity contribution in [3.63, 3.8) is 0 Å². The van der Waals surface area contributed by atoms with E-state index in [9.17, 15) is 19.4 Å². The first kappa shape index (κ1) is 20.2. The average Bonchev–Trinajstić information content (AvgIpc) is 3.11. The van der Waals surface area contributed by atoms with Crippen LogP contribution in [0.4, 0.5) is 0 Å². The molecule has 28 heavy (non-hydrogen) atoms. The Labute approximate surface area is 161 Å². The molecule has 2 atom stereocenters. The van der Waals surface area contributed by atoms with Crippen LogP contribution in [-0.2, 0) is 19.0 Å². The Morgan fingerprint density at radius 1 is 1.29 bits per heavy atom. The van der Waals surface area contributed by atoms with Gasteiger partial charge in [-0.05, 0) is 6.42 Å². The molecule has 2 saturated heterocycles. The Kier molecular flexibility index (Phi) is 6.55. The Hall–Kier alpha value is -2.57. The third-order valence-corrected chi connectivity index (χ3v) is 4.74. The van der Waals surface area contributed by atoms with Gasteiger partial charge in [0.2, 0.25) is 11.8 Å². The minimum atomic E-state index is -1.13. The van der Waals surface area contributed by atoms with Gasteiger partial charge in [-0.15, -0.1) is 0 Å². The van der Waals surface area contributed by atoms with Crippen molar-refractivity contribution in [1.29, 1.82) is 0 Å². The van der Waals surface area contributed by atoms with Crippen LogP contribution in [0.3, 0.4) is 0 Å². The molecule has 2 aliphatic heterocycles. The van der Waals surface area contributed by atoms with Gasteiger partial charge < -0.3 is 30.4 Å². The molecule has 0 aromatic carbocycles.